The Kier molecular flexibility index (Phi) is 3.52. The fourth-order valence-electron chi connectivity index (χ4n) is 2.96. The summed E-state index contributed by atoms with van der Waals surface area (Å²) >= 11 is 0. The number of carbonyl (C=O) groups is 1. The number of rotatable bonds is 3. The molecular formula is C16H19N3O3. The first-order valence-electron chi connectivity index (χ1n) is 7.46. The van der Waals surface area contributed by atoms with E-state index >= 15 is 0 Å². The Balaban J connectivity index is 2.26. The van der Waals surface area contributed by atoms with E-state index in [0.717, 1.165) is 37.6 Å². The Morgan fingerprint density at radius 1 is 1.14 bits per heavy atom. The number of fused-ring (bicyclic) bond motifs is 2. The van der Waals surface area contributed by atoms with Crippen molar-refractivity contribution in [2.45, 2.75) is 13.8 Å². The zero-order valence-corrected chi connectivity index (χ0v) is 12.8. The zero-order valence-electron chi connectivity index (χ0n) is 12.8. The lowest BCUT2D eigenvalue weighted by atomic mass is 10.1. The Labute approximate surface area is 128 Å². The van der Waals surface area contributed by atoms with E-state index in [1.165, 1.54) is 6.07 Å². The fourth-order valence-corrected chi connectivity index (χ4v) is 2.96. The van der Waals surface area contributed by atoms with Crippen LogP contribution in [-0.2, 0) is 0 Å². The number of carbonyl (C=O) groups excluding carboxylic acids is 1. The molecule has 0 atom stereocenters. The van der Waals surface area contributed by atoms with Gasteiger partial charge in [-0.3, -0.25) is 4.79 Å². The summed E-state index contributed by atoms with van der Waals surface area (Å²) in [7, 11) is 0. The predicted octanol–water partition coefficient (Wildman–Crippen LogP) is 1.56. The van der Waals surface area contributed by atoms with Gasteiger partial charge in [0.1, 0.15) is 11.1 Å². The molecule has 0 saturated heterocycles. The molecule has 2 aromatic rings. The van der Waals surface area contributed by atoms with Crippen LogP contribution in [0.1, 0.15) is 24.2 Å². The van der Waals surface area contributed by atoms with Gasteiger partial charge in [-0.05, 0) is 26.0 Å². The summed E-state index contributed by atoms with van der Waals surface area (Å²) in [5.74, 6) is -0.768. The number of amides is 1. The lowest BCUT2D eigenvalue weighted by Crippen LogP contribution is -2.40. The van der Waals surface area contributed by atoms with E-state index in [4.69, 9.17) is 10.2 Å². The highest BCUT2D eigenvalue weighted by molar-refractivity contribution is 5.97. The average Bonchev–Trinajstić information content (AvgIpc) is 2.51. The largest absolute Gasteiger partial charge is 0.422 e. The molecule has 1 aromatic carbocycles. The molecule has 0 bridgehead atoms. The molecule has 2 N–H and O–H groups in total. The minimum atomic E-state index is -0.768. The number of hydrogen-bond acceptors (Lipinski definition) is 5. The average molecular weight is 301 g/mol. The highest BCUT2D eigenvalue weighted by Gasteiger charge is 2.22. The molecule has 1 aliphatic rings. The third-order valence-electron chi connectivity index (χ3n) is 4.18. The summed E-state index contributed by atoms with van der Waals surface area (Å²) in [6.07, 6.45) is 0. The first-order chi connectivity index (χ1) is 10.5. The standard InChI is InChI=1S/C16H19N3O3/c1-3-18-5-6-19(4-2)13-9-14-10(8-12(13)18)7-11(15(17)20)16(21)22-14/h7-9H,3-6H2,1-2H3,(H2,17,20). The summed E-state index contributed by atoms with van der Waals surface area (Å²) in [6, 6.07) is 5.36. The summed E-state index contributed by atoms with van der Waals surface area (Å²) in [5.41, 5.74) is 7.04. The van der Waals surface area contributed by atoms with Crippen LogP contribution in [0, 0.1) is 0 Å². The van der Waals surface area contributed by atoms with Crippen molar-refractivity contribution in [2.24, 2.45) is 5.73 Å². The van der Waals surface area contributed by atoms with Gasteiger partial charge in [0.15, 0.2) is 0 Å². The highest BCUT2D eigenvalue weighted by Crippen LogP contribution is 2.36. The number of nitrogens with two attached hydrogens (primary N) is 1. The van der Waals surface area contributed by atoms with E-state index in [9.17, 15) is 9.59 Å². The molecular weight excluding hydrogens is 282 g/mol. The van der Waals surface area contributed by atoms with Gasteiger partial charge in [0.05, 0.1) is 11.4 Å². The highest BCUT2D eigenvalue weighted by atomic mass is 16.4. The van der Waals surface area contributed by atoms with Crippen molar-refractivity contribution in [2.75, 3.05) is 36.0 Å². The molecule has 0 fully saturated rings. The number of nitrogens with zero attached hydrogens (tertiary/aromatic N) is 2. The maximum Gasteiger partial charge on any atom is 0.349 e. The third kappa shape index (κ3) is 2.20. The van der Waals surface area contributed by atoms with Crippen LogP contribution < -0.4 is 21.2 Å². The molecule has 22 heavy (non-hydrogen) atoms. The molecule has 0 spiro atoms. The zero-order chi connectivity index (χ0) is 15.9. The lowest BCUT2D eigenvalue weighted by molar-refractivity contribution is 0.0997. The monoisotopic (exact) mass is 301 g/mol. The van der Waals surface area contributed by atoms with Crippen molar-refractivity contribution in [3.05, 3.63) is 34.2 Å². The van der Waals surface area contributed by atoms with E-state index in [1.54, 1.807) is 0 Å². The molecule has 0 aliphatic carbocycles. The molecule has 2 heterocycles. The minimum Gasteiger partial charge on any atom is -0.422 e. The van der Waals surface area contributed by atoms with Crippen molar-refractivity contribution in [1.29, 1.82) is 0 Å². The van der Waals surface area contributed by atoms with Crippen molar-refractivity contribution in [3.8, 4) is 0 Å². The van der Waals surface area contributed by atoms with E-state index in [1.807, 2.05) is 12.1 Å². The second-order valence-electron chi connectivity index (χ2n) is 5.35. The fraction of sp³-hybridized carbons (Fsp3) is 0.375. The normalized spacial score (nSPS) is 14.3. The number of likely N-dealkylation sites (N-methyl/N-ethyl adjacent to an activating group) is 2. The van der Waals surface area contributed by atoms with Gasteiger partial charge in [0.25, 0.3) is 5.91 Å². The number of benzene rings is 1. The molecule has 1 aromatic heterocycles. The van der Waals surface area contributed by atoms with Gasteiger partial charge in [0, 0.05) is 37.6 Å². The van der Waals surface area contributed by atoms with E-state index in [-0.39, 0.29) is 5.56 Å². The lowest BCUT2D eigenvalue weighted by Gasteiger charge is -2.38. The van der Waals surface area contributed by atoms with Crippen LogP contribution in [0.2, 0.25) is 0 Å². The topological polar surface area (TPSA) is 79.8 Å². The molecule has 6 heteroatoms. The van der Waals surface area contributed by atoms with Crippen LogP contribution in [0.5, 0.6) is 0 Å². The Hall–Kier alpha value is -2.50. The van der Waals surface area contributed by atoms with Gasteiger partial charge in [-0.2, -0.15) is 0 Å². The van der Waals surface area contributed by atoms with Crippen LogP contribution >= 0.6 is 0 Å². The van der Waals surface area contributed by atoms with Crippen LogP contribution in [0.3, 0.4) is 0 Å². The first kappa shape index (κ1) is 14.4. The number of anilines is 2. The third-order valence-corrected chi connectivity index (χ3v) is 4.18. The first-order valence-corrected chi connectivity index (χ1v) is 7.46. The van der Waals surface area contributed by atoms with Crippen LogP contribution in [0.4, 0.5) is 11.4 Å². The molecule has 116 valence electrons. The van der Waals surface area contributed by atoms with E-state index < -0.39 is 11.5 Å². The smallest absolute Gasteiger partial charge is 0.349 e. The predicted molar refractivity (Wildman–Crippen MR) is 86.8 cm³/mol. The SMILES string of the molecule is CCN1CCN(CC)c2cc3oc(=O)c(C(N)=O)cc3cc21. The van der Waals surface area contributed by atoms with Gasteiger partial charge in [-0.15, -0.1) is 0 Å². The summed E-state index contributed by atoms with van der Waals surface area (Å²) in [6.45, 7) is 7.88. The molecule has 0 unspecified atom stereocenters. The number of hydrogen-bond donors (Lipinski definition) is 1. The molecule has 6 nitrogen and oxygen atoms in total. The molecule has 3 rings (SSSR count). The van der Waals surface area contributed by atoms with Crippen LogP contribution in [-0.4, -0.2) is 32.1 Å². The van der Waals surface area contributed by atoms with Crippen molar-refractivity contribution >= 4 is 28.3 Å². The molecule has 0 radical (unpaired) electrons. The number of primary amides is 1. The summed E-state index contributed by atoms with van der Waals surface area (Å²) < 4.78 is 5.28. The van der Waals surface area contributed by atoms with Crippen molar-refractivity contribution in [1.82, 2.24) is 0 Å². The van der Waals surface area contributed by atoms with Gasteiger partial charge in [-0.25, -0.2) is 4.79 Å². The van der Waals surface area contributed by atoms with Gasteiger partial charge >= 0.3 is 5.63 Å². The second-order valence-corrected chi connectivity index (χ2v) is 5.35. The Bertz CT molecular complexity index is 797. The van der Waals surface area contributed by atoms with Crippen molar-refractivity contribution < 1.29 is 9.21 Å². The maximum atomic E-state index is 11.8. The van der Waals surface area contributed by atoms with E-state index in [0.29, 0.717) is 11.0 Å². The quantitative estimate of drug-likeness (QED) is 0.870. The Morgan fingerprint density at radius 2 is 1.73 bits per heavy atom. The van der Waals surface area contributed by atoms with Gasteiger partial charge < -0.3 is 20.0 Å². The maximum absolute atomic E-state index is 11.8. The van der Waals surface area contributed by atoms with Crippen LogP contribution in [0.25, 0.3) is 11.0 Å². The molecule has 0 saturated carbocycles. The van der Waals surface area contributed by atoms with Gasteiger partial charge in [0.2, 0.25) is 0 Å². The van der Waals surface area contributed by atoms with Crippen molar-refractivity contribution in [3.63, 3.8) is 0 Å². The summed E-state index contributed by atoms with van der Waals surface area (Å²) in [5, 5.41) is 0.712. The Morgan fingerprint density at radius 3 is 2.27 bits per heavy atom. The molecule has 1 amide bonds. The molecule has 1 aliphatic heterocycles. The minimum absolute atomic E-state index is 0.112. The second kappa shape index (κ2) is 5.36. The van der Waals surface area contributed by atoms with Crippen LogP contribution in [0.15, 0.2) is 27.4 Å². The van der Waals surface area contributed by atoms with E-state index in [2.05, 4.69) is 23.6 Å². The summed E-state index contributed by atoms with van der Waals surface area (Å²) in [4.78, 5) is 27.7. The van der Waals surface area contributed by atoms with Gasteiger partial charge in [-0.1, -0.05) is 0 Å².